The van der Waals surface area contributed by atoms with E-state index in [0.29, 0.717) is 4.05 Å². The number of hydrogen-bond donors (Lipinski definition) is 0. The van der Waals surface area contributed by atoms with Crippen molar-refractivity contribution in [2.24, 2.45) is 0 Å². The normalized spacial score (nSPS) is 23.1. The van der Waals surface area contributed by atoms with Crippen LogP contribution < -0.4 is 9.47 Å². The SMILES string of the molecule is Fc1cnc(O[C@@H]2C[C@H](I)N(Cc3ccc4c(n3)OCC4)C2)nc1. The summed E-state index contributed by atoms with van der Waals surface area (Å²) in [5, 5.41) is 0. The number of nitrogens with zero attached hydrogens (tertiary/aromatic N) is 4. The number of likely N-dealkylation sites (tertiary alicyclic amines) is 1. The van der Waals surface area contributed by atoms with E-state index in [4.69, 9.17) is 9.47 Å². The van der Waals surface area contributed by atoms with Crippen molar-refractivity contribution in [3.05, 3.63) is 41.6 Å². The number of rotatable bonds is 4. The van der Waals surface area contributed by atoms with Crippen LogP contribution in [0.15, 0.2) is 24.5 Å². The number of aromatic nitrogens is 3. The van der Waals surface area contributed by atoms with Gasteiger partial charge in [0.1, 0.15) is 6.10 Å². The average Bonchev–Trinajstić information content (AvgIpc) is 3.16. The highest BCUT2D eigenvalue weighted by atomic mass is 127. The van der Waals surface area contributed by atoms with Crippen molar-refractivity contribution in [1.82, 2.24) is 19.9 Å². The van der Waals surface area contributed by atoms with Crippen LogP contribution in [0.1, 0.15) is 17.7 Å². The lowest BCUT2D eigenvalue weighted by molar-refractivity contribution is 0.182. The standard InChI is InChI=1S/C16H16FIN4O2/c17-11-6-19-16(20-7-11)24-13-5-14(18)22(9-13)8-12-2-1-10-3-4-23-15(10)21-12/h1-2,6-7,13-14H,3-5,8-9H2/t13-,14-/m1/s1. The van der Waals surface area contributed by atoms with Crippen LogP contribution in [0.3, 0.4) is 0 Å². The third-order valence-corrected chi connectivity index (χ3v) is 5.43. The number of ether oxygens (including phenoxy) is 2. The van der Waals surface area contributed by atoms with Crippen molar-refractivity contribution in [1.29, 1.82) is 0 Å². The Morgan fingerprint density at radius 3 is 3.00 bits per heavy atom. The fourth-order valence-electron chi connectivity index (χ4n) is 2.95. The molecule has 24 heavy (non-hydrogen) atoms. The molecule has 0 aromatic carbocycles. The quantitative estimate of drug-likeness (QED) is 0.412. The second-order valence-electron chi connectivity index (χ2n) is 5.89. The molecule has 2 aromatic heterocycles. The van der Waals surface area contributed by atoms with Gasteiger partial charge in [-0.15, -0.1) is 0 Å². The Morgan fingerprint density at radius 1 is 1.33 bits per heavy atom. The van der Waals surface area contributed by atoms with E-state index >= 15 is 0 Å². The molecule has 4 heterocycles. The molecule has 2 aliphatic heterocycles. The molecule has 0 N–H and O–H groups in total. The van der Waals surface area contributed by atoms with Gasteiger partial charge in [-0.2, -0.15) is 0 Å². The van der Waals surface area contributed by atoms with Crippen LogP contribution in [0.5, 0.6) is 11.9 Å². The van der Waals surface area contributed by atoms with Gasteiger partial charge in [0.2, 0.25) is 5.88 Å². The van der Waals surface area contributed by atoms with Crippen LogP contribution >= 0.6 is 22.6 Å². The molecule has 126 valence electrons. The lowest BCUT2D eigenvalue weighted by Crippen LogP contribution is -2.27. The second-order valence-corrected chi connectivity index (χ2v) is 7.33. The van der Waals surface area contributed by atoms with Gasteiger partial charge >= 0.3 is 6.01 Å². The van der Waals surface area contributed by atoms with E-state index in [1.54, 1.807) is 0 Å². The highest BCUT2D eigenvalue weighted by Crippen LogP contribution is 2.28. The number of fused-ring (bicyclic) bond motifs is 1. The molecule has 6 nitrogen and oxygen atoms in total. The zero-order valence-corrected chi connectivity index (χ0v) is 15.0. The molecule has 0 spiro atoms. The molecule has 0 unspecified atom stereocenters. The van der Waals surface area contributed by atoms with Crippen molar-refractivity contribution in [3.63, 3.8) is 0 Å². The van der Waals surface area contributed by atoms with Gasteiger partial charge in [0.25, 0.3) is 0 Å². The molecular formula is C16H16FIN4O2. The van der Waals surface area contributed by atoms with Crippen LogP contribution in [0.25, 0.3) is 0 Å². The maximum absolute atomic E-state index is 12.9. The van der Waals surface area contributed by atoms with E-state index in [0.717, 1.165) is 56.5 Å². The summed E-state index contributed by atoms with van der Waals surface area (Å²) in [6.45, 7) is 2.22. The molecule has 1 fully saturated rings. The first-order chi connectivity index (χ1) is 11.7. The molecule has 0 saturated carbocycles. The molecule has 2 atom stereocenters. The predicted octanol–water partition coefficient (Wildman–Crippen LogP) is 2.36. The van der Waals surface area contributed by atoms with Crippen molar-refractivity contribution in [3.8, 4) is 11.9 Å². The molecule has 0 amide bonds. The fourth-order valence-corrected chi connectivity index (χ4v) is 3.94. The van der Waals surface area contributed by atoms with Gasteiger partial charge in [0.05, 0.1) is 28.7 Å². The Balaban J connectivity index is 1.39. The molecular weight excluding hydrogens is 426 g/mol. The highest BCUT2D eigenvalue weighted by Gasteiger charge is 2.32. The first-order valence-corrected chi connectivity index (χ1v) is 9.06. The van der Waals surface area contributed by atoms with Gasteiger partial charge in [0.15, 0.2) is 5.82 Å². The van der Waals surface area contributed by atoms with Gasteiger partial charge < -0.3 is 9.47 Å². The second kappa shape index (κ2) is 6.75. The largest absolute Gasteiger partial charge is 0.477 e. The summed E-state index contributed by atoms with van der Waals surface area (Å²) in [7, 11) is 0. The zero-order valence-electron chi connectivity index (χ0n) is 12.9. The van der Waals surface area contributed by atoms with Crippen molar-refractivity contribution in [2.75, 3.05) is 13.2 Å². The van der Waals surface area contributed by atoms with Crippen molar-refractivity contribution >= 4 is 22.6 Å². The molecule has 2 aromatic rings. The monoisotopic (exact) mass is 442 g/mol. The fraction of sp³-hybridized carbons (Fsp3) is 0.438. The number of hydrogen-bond acceptors (Lipinski definition) is 6. The van der Waals surface area contributed by atoms with E-state index in [-0.39, 0.29) is 12.1 Å². The smallest absolute Gasteiger partial charge is 0.316 e. The van der Waals surface area contributed by atoms with Gasteiger partial charge in [-0.25, -0.2) is 19.3 Å². The maximum atomic E-state index is 12.9. The molecule has 0 radical (unpaired) electrons. The van der Waals surface area contributed by atoms with Gasteiger partial charge in [-0.05, 0) is 6.07 Å². The van der Waals surface area contributed by atoms with E-state index in [2.05, 4.69) is 54.6 Å². The van der Waals surface area contributed by atoms with Gasteiger partial charge in [-0.1, -0.05) is 28.7 Å². The Kier molecular flexibility index (Phi) is 4.49. The van der Waals surface area contributed by atoms with E-state index in [1.165, 1.54) is 5.56 Å². The molecule has 0 aliphatic carbocycles. The number of alkyl halides is 1. The first kappa shape index (κ1) is 15.9. The van der Waals surface area contributed by atoms with E-state index < -0.39 is 5.82 Å². The molecule has 1 saturated heterocycles. The summed E-state index contributed by atoms with van der Waals surface area (Å²) in [6, 6.07) is 4.38. The Hall–Kier alpha value is -1.55. The molecule has 0 bridgehead atoms. The summed E-state index contributed by atoms with van der Waals surface area (Å²) >= 11 is 2.41. The van der Waals surface area contributed by atoms with Crippen molar-refractivity contribution < 1.29 is 13.9 Å². The molecule has 4 rings (SSSR count). The van der Waals surface area contributed by atoms with Gasteiger partial charge in [0, 0.05) is 31.5 Å². The Morgan fingerprint density at radius 2 is 2.17 bits per heavy atom. The predicted molar refractivity (Wildman–Crippen MR) is 92.7 cm³/mol. The maximum Gasteiger partial charge on any atom is 0.316 e. The summed E-state index contributed by atoms with van der Waals surface area (Å²) < 4.78 is 24.5. The number of pyridine rings is 1. The summed E-state index contributed by atoms with van der Waals surface area (Å²) in [6.07, 6.45) is 4.02. The Bertz CT molecular complexity index is 731. The van der Waals surface area contributed by atoms with Crippen LogP contribution in [-0.4, -0.2) is 43.2 Å². The average molecular weight is 442 g/mol. The summed E-state index contributed by atoms with van der Waals surface area (Å²) in [5.74, 6) is 0.302. The third kappa shape index (κ3) is 3.44. The van der Waals surface area contributed by atoms with Crippen LogP contribution in [0, 0.1) is 5.82 Å². The first-order valence-electron chi connectivity index (χ1n) is 7.81. The van der Waals surface area contributed by atoms with Crippen LogP contribution in [0.2, 0.25) is 0 Å². The van der Waals surface area contributed by atoms with Crippen LogP contribution in [0.4, 0.5) is 4.39 Å². The zero-order chi connectivity index (χ0) is 16.5. The van der Waals surface area contributed by atoms with Crippen molar-refractivity contribution in [2.45, 2.75) is 29.5 Å². The summed E-state index contributed by atoms with van der Waals surface area (Å²) in [4.78, 5) is 14.6. The molecule has 8 heteroatoms. The lowest BCUT2D eigenvalue weighted by Gasteiger charge is -2.19. The molecule has 2 aliphatic rings. The van der Waals surface area contributed by atoms with E-state index in [9.17, 15) is 4.39 Å². The topological polar surface area (TPSA) is 60.4 Å². The van der Waals surface area contributed by atoms with E-state index in [1.807, 2.05) is 0 Å². The van der Waals surface area contributed by atoms with Crippen LogP contribution in [-0.2, 0) is 13.0 Å². The lowest BCUT2D eigenvalue weighted by atomic mass is 10.2. The minimum Gasteiger partial charge on any atom is -0.477 e. The minimum absolute atomic E-state index is 0.0111. The Labute approximate surface area is 152 Å². The van der Waals surface area contributed by atoms with Gasteiger partial charge in [-0.3, -0.25) is 4.90 Å². The minimum atomic E-state index is -0.466. The highest BCUT2D eigenvalue weighted by molar-refractivity contribution is 14.1. The number of halogens is 2. The third-order valence-electron chi connectivity index (χ3n) is 4.13. The summed E-state index contributed by atoms with van der Waals surface area (Å²) in [5.41, 5.74) is 2.18.